The van der Waals surface area contributed by atoms with Gasteiger partial charge in [-0.2, -0.15) is 0 Å². The van der Waals surface area contributed by atoms with Crippen LogP contribution in [-0.4, -0.2) is 23.8 Å². The molecule has 0 unspecified atom stereocenters. The Labute approximate surface area is 169 Å². The van der Waals surface area contributed by atoms with Crippen molar-refractivity contribution >= 4 is 11.7 Å². The fourth-order valence-electron chi connectivity index (χ4n) is 2.01. The van der Waals surface area contributed by atoms with E-state index >= 15 is 0 Å². The first-order chi connectivity index (χ1) is 9.85. The predicted molar refractivity (Wildman–Crippen MR) is 85.1 cm³/mol. The van der Waals surface area contributed by atoms with Crippen LogP contribution in [-0.2, 0) is 16.0 Å². The molecule has 5 heteroatoms. The summed E-state index contributed by atoms with van der Waals surface area (Å²) in [7, 11) is 0. The molecule has 0 aliphatic heterocycles. The maximum absolute atomic E-state index is 12.1. The zero-order valence-electron chi connectivity index (χ0n) is 13.8. The van der Waals surface area contributed by atoms with Gasteiger partial charge in [-0.05, 0) is 25.8 Å². The number of hydrogen-bond donors (Lipinski definition) is 1. The molecule has 2 N–H and O–H groups in total. The minimum atomic E-state index is -0.824. The van der Waals surface area contributed by atoms with Crippen LogP contribution >= 0.6 is 0 Å². The van der Waals surface area contributed by atoms with Crippen molar-refractivity contribution in [2.45, 2.75) is 52.6 Å². The minimum Gasteiger partial charge on any atom is -0.667 e. The molecule has 0 fully saturated rings. The topological polar surface area (TPSA) is 70.0 Å². The third kappa shape index (κ3) is 6.90. The van der Waals surface area contributed by atoms with E-state index in [1.165, 1.54) is 6.92 Å². The van der Waals surface area contributed by atoms with Crippen LogP contribution in [0.3, 0.4) is 0 Å². The van der Waals surface area contributed by atoms with Crippen LogP contribution in [0.25, 0.3) is 5.73 Å². The van der Waals surface area contributed by atoms with Gasteiger partial charge >= 0.3 is 0 Å². The molecule has 1 aromatic rings. The van der Waals surface area contributed by atoms with Gasteiger partial charge in [0.05, 0.1) is 6.04 Å². The van der Waals surface area contributed by atoms with Crippen molar-refractivity contribution in [3.05, 3.63) is 41.1 Å². The predicted octanol–water partition coefficient (Wildman–Crippen LogP) is 3.08. The zero-order chi connectivity index (χ0) is 16.0. The summed E-state index contributed by atoms with van der Waals surface area (Å²) in [5.74, 6) is -0.464. The van der Waals surface area contributed by atoms with E-state index in [9.17, 15) is 9.59 Å². The first kappa shape index (κ1) is 21.8. The summed E-state index contributed by atoms with van der Waals surface area (Å²) in [6.45, 7) is 7.31. The number of amides is 1. The summed E-state index contributed by atoms with van der Waals surface area (Å²) in [4.78, 5) is 23.8. The maximum Gasteiger partial charge on any atom is 0.203 e. The molecule has 1 aromatic carbocycles. The van der Waals surface area contributed by atoms with Crippen molar-refractivity contribution in [1.82, 2.24) is 5.32 Å². The van der Waals surface area contributed by atoms with E-state index in [4.69, 9.17) is 5.73 Å². The smallest absolute Gasteiger partial charge is 0.203 e. The fraction of sp³-hybridized carbons (Fsp3) is 0.529. The number of hydrogen-bond acceptors (Lipinski definition) is 2. The summed E-state index contributed by atoms with van der Waals surface area (Å²) in [6, 6.07) is 6.52. The quantitative estimate of drug-likeness (QED) is 0.606. The van der Waals surface area contributed by atoms with E-state index in [0.29, 0.717) is 6.42 Å². The SMILES string of the molecule is CC[C@@H](C)[C@H]([NH-])C(=O)N[C@H](Cc1ccc(C)cc1)C(C)=O.[Ac]. The third-order valence-electron chi connectivity index (χ3n) is 3.86. The number of benzene rings is 1. The van der Waals surface area contributed by atoms with E-state index in [-0.39, 0.29) is 61.7 Å². The molecule has 1 rings (SSSR count). The molecule has 0 aliphatic rings. The Hall–Kier alpha value is -0.238. The second kappa shape index (κ2) is 10.5. The van der Waals surface area contributed by atoms with Crippen molar-refractivity contribution in [3.8, 4) is 0 Å². The first-order valence-corrected chi connectivity index (χ1v) is 7.42. The number of aryl methyl sites for hydroxylation is 1. The van der Waals surface area contributed by atoms with Gasteiger partial charge < -0.3 is 11.1 Å². The van der Waals surface area contributed by atoms with Gasteiger partial charge in [0.1, 0.15) is 0 Å². The second-order valence-corrected chi connectivity index (χ2v) is 5.72. The molecular formula is C17H25AcN2O2-. The van der Waals surface area contributed by atoms with Gasteiger partial charge in [0.15, 0.2) is 5.78 Å². The van der Waals surface area contributed by atoms with Crippen molar-refractivity contribution < 1.29 is 53.7 Å². The monoisotopic (exact) mass is 516 g/mol. The van der Waals surface area contributed by atoms with Gasteiger partial charge in [0.2, 0.25) is 5.91 Å². The van der Waals surface area contributed by atoms with Crippen molar-refractivity contribution in [2.75, 3.05) is 0 Å². The van der Waals surface area contributed by atoms with E-state index in [1.54, 1.807) is 0 Å². The summed E-state index contributed by atoms with van der Waals surface area (Å²) in [5, 5.41) is 2.72. The van der Waals surface area contributed by atoms with Gasteiger partial charge in [-0.15, -0.1) is 0 Å². The Morgan fingerprint density at radius 1 is 1.23 bits per heavy atom. The van der Waals surface area contributed by atoms with Crippen LogP contribution in [0.5, 0.6) is 0 Å². The molecule has 22 heavy (non-hydrogen) atoms. The third-order valence-corrected chi connectivity index (χ3v) is 3.86. The largest absolute Gasteiger partial charge is 0.667 e. The van der Waals surface area contributed by atoms with E-state index < -0.39 is 12.1 Å². The van der Waals surface area contributed by atoms with E-state index in [2.05, 4.69) is 5.32 Å². The molecule has 0 aromatic heterocycles. The van der Waals surface area contributed by atoms with Gasteiger partial charge in [-0.25, -0.2) is 0 Å². The molecule has 4 nitrogen and oxygen atoms in total. The van der Waals surface area contributed by atoms with E-state index in [1.807, 2.05) is 45.0 Å². The number of carbonyl (C=O) groups is 2. The van der Waals surface area contributed by atoms with Gasteiger partial charge in [-0.3, -0.25) is 9.59 Å². The number of ketones is 1. The Bertz CT molecular complexity index is 488. The van der Waals surface area contributed by atoms with Crippen LogP contribution in [0.4, 0.5) is 0 Å². The van der Waals surface area contributed by atoms with Crippen LogP contribution < -0.4 is 5.32 Å². The van der Waals surface area contributed by atoms with Crippen LogP contribution in [0, 0.1) is 56.9 Å². The molecular weight excluding hydrogens is 491 g/mol. The fourth-order valence-corrected chi connectivity index (χ4v) is 2.01. The summed E-state index contributed by atoms with van der Waals surface area (Å²) in [6.07, 6.45) is 1.23. The average molecular weight is 516 g/mol. The Balaban J connectivity index is 0.00000441. The number of nitrogens with one attached hydrogen (secondary N) is 2. The van der Waals surface area contributed by atoms with Gasteiger partial charge in [0, 0.05) is 44.1 Å². The molecule has 1 radical (unpaired) electrons. The molecule has 0 heterocycles. The number of carbonyl (C=O) groups excluding carboxylic acids is 2. The molecule has 0 saturated carbocycles. The number of rotatable bonds is 7. The Morgan fingerprint density at radius 3 is 2.23 bits per heavy atom. The molecule has 1 amide bonds. The Kier molecular flexibility index (Phi) is 10.4. The zero-order valence-corrected chi connectivity index (χ0v) is 18.6. The van der Waals surface area contributed by atoms with Gasteiger partial charge in [-0.1, -0.05) is 62.1 Å². The van der Waals surface area contributed by atoms with Crippen LogP contribution in [0.2, 0.25) is 0 Å². The first-order valence-electron chi connectivity index (χ1n) is 7.42. The molecule has 3 atom stereocenters. The maximum atomic E-state index is 12.1. The molecule has 0 bridgehead atoms. The standard InChI is InChI=1S/C17H25N2O2.Ac/c1-5-12(3)16(18)17(21)19-15(13(4)20)10-14-8-6-11(2)7-9-14;/h6-9,12,15-16,18H,5,10H2,1-4H3,(H,19,21);/q-1;/t12-,15-,16+;/m1./s1. The Morgan fingerprint density at radius 2 is 1.77 bits per heavy atom. The summed E-state index contributed by atoms with van der Waals surface area (Å²) in [5.41, 5.74) is 10.1. The molecule has 0 aliphatic carbocycles. The second-order valence-electron chi connectivity index (χ2n) is 5.72. The normalized spacial score (nSPS) is 14.4. The molecule has 0 saturated heterocycles. The number of Topliss-reactive ketones (excluding diaryl/α,β-unsaturated/α-hetero) is 1. The average Bonchev–Trinajstić information content (AvgIpc) is 2.46. The van der Waals surface area contributed by atoms with Crippen LogP contribution in [0.1, 0.15) is 38.3 Å². The summed E-state index contributed by atoms with van der Waals surface area (Å²) >= 11 is 0. The molecule has 0 spiro atoms. The van der Waals surface area contributed by atoms with Gasteiger partial charge in [0.25, 0.3) is 0 Å². The summed E-state index contributed by atoms with van der Waals surface area (Å²) < 4.78 is 0. The van der Waals surface area contributed by atoms with E-state index in [0.717, 1.165) is 17.5 Å². The van der Waals surface area contributed by atoms with Crippen LogP contribution in [0.15, 0.2) is 24.3 Å². The van der Waals surface area contributed by atoms with Crippen molar-refractivity contribution in [1.29, 1.82) is 0 Å². The molecule has 119 valence electrons. The minimum absolute atomic E-state index is 0. The van der Waals surface area contributed by atoms with Crippen molar-refractivity contribution in [2.24, 2.45) is 5.92 Å². The van der Waals surface area contributed by atoms with Crippen molar-refractivity contribution in [3.63, 3.8) is 0 Å².